The third kappa shape index (κ3) is 5.45. The van der Waals surface area contributed by atoms with Crippen molar-refractivity contribution in [1.29, 1.82) is 0 Å². The highest BCUT2D eigenvalue weighted by Gasteiger charge is 2.50. The Labute approximate surface area is 192 Å². The quantitative estimate of drug-likeness (QED) is 0.267. The maximum atomic E-state index is 11.5. The first-order valence-corrected chi connectivity index (χ1v) is 13.0. The number of hydrogen-bond donors (Lipinski definition) is 0. The molecule has 0 saturated carbocycles. The lowest BCUT2D eigenvalue weighted by atomic mass is 10.1. The van der Waals surface area contributed by atoms with Crippen molar-refractivity contribution in [1.82, 2.24) is 0 Å². The Morgan fingerprint density at radius 1 is 0.844 bits per heavy atom. The second-order valence-electron chi connectivity index (χ2n) is 8.78. The molecule has 0 radical (unpaired) electrons. The molecule has 0 spiro atoms. The van der Waals surface area contributed by atoms with E-state index in [2.05, 4.69) is 93.6 Å². The van der Waals surface area contributed by atoms with Gasteiger partial charge in [0, 0.05) is 6.08 Å². The molecule has 0 aromatic heterocycles. The van der Waals surface area contributed by atoms with Crippen LogP contribution in [-0.2, 0) is 20.6 Å². The Hall–Kier alpha value is -2.95. The third-order valence-corrected chi connectivity index (χ3v) is 10.5. The molecule has 0 amide bonds. The van der Waals surface area contributed by atoms with E-state index in [1.807, 2.05) is 12.1 Å². The van der Waals surface area contributed by atoms with Crippen molar-refractivity contribution < 1.29 is 14.0 Å². The summed E-state index contributed by atoms with van der Waals surface area (Å²) in [5.74, 6) is -0.327. The summed E-state index contributed by atoms with van der Waals surface area (Å²) in [7, 11) is -2.56. The predicted molar refractivity (Wildman–Crippen MR) is 135 cm³/mol. The number of esters is 1. The molecule has 0 bridgehead atoms. The minimum atomic E-state index is -2.56. The molecule has 0 N–H and O–H groups in total. The fourth-order valence-corrected chi connectivity index (χ4v) is 8.57. The summed E-state index contributed by atoms with van der Waals surface area (Å²) < 4.78 is 11.9. The van der Waals surface area contributed by atoms with Crippen LogP contribution in [-0.4, -0.2) is 20.9 Å². The molecule has 0 unspecified atom stereocenters. The van der Waals surface area contributed by atoms with Crippen LogP contribution >= 0.6 is 0 Å². The van der Waals surface area contributed by atoms with Crippen LogP contribution < -0.4 is 10.4 Å². The van der Waals surface area contributed by atoms with E-state index in [-0.39, 0.29) is 11.0 Å². The molecule has 0 fully saturated rings. The third-order valence-electron chi connectivity index (χ3n) is 5.55. The Bertz CT molecular complexity index is 980. The minimum Gasteiger partial charge on any atom is -0.463 e. The van der Waals surface area contributed by atoms with Gasteiger partial charge in [-0.1, -0.05) is 106 Å². The summed E-state index contributed by atoms with van der Waals surface area (Å²) in [5.41, 5.74) is 2.05. The molecule has 3 aromatic rings. The Morgan fingerprint density at radius 2 is 1.38 bits per heavy atom. The highest BCUT2D eigenvalue weighted by Crippen LogP contribution is 2.37. The van der Waals surface area contributed by atoms with Gasteiger partial charge in [0.15, 0.2) is 0 Å². The number of carbonyl (C=O) groups is 1. The fraction of sp³-hybridized carbons (Fsp3) is 0.250. The molecule has 4 heteroatoms. The van der Waals surface area contributed by atoms with Crippen LogP contribution in [0.3, 0.4) is 0 Å². The van der Waals surface area contributed by atoms with Gasteiger partial charge in [-0.15, -0.1) is 0 Å². The molecular weight excluding hydrogens is 412 g/mol. The maximum Gasteiger partial charge on any atom is 0.330 e. The number of hydrogen-bond acceptors (Lipinski definition) is 3. The van der Waals surface area contributed by atoms with Gasteiger partial charge in [-0.05, 0) is 39.5 Å². The van der Waals surface area contributed by atoms with E-state index in [0.29, 0.717) is 13.2 Å². The molecule has 3 nitrogen and oxygen atoms in total. The zero-order valence-corrected chi connectivity index (χ0v) is 20.4. The summed E-state index contributed by atoms with van der Waals surface area (Å²) in [6.45, 7) is 9.54. The van der Waals surface area contributed by atoms with Gasteiger partial charge in [0.1, 0.15) is 0 Å². The summed E-state index contributed by atoms with van der Waals surface area (Å²) in [6.07, 6.45) is 3.22. The first-order chi connectivity index (χ1) is 15.4. The van der Waals surface area contributed by atoms with E-state index in [1.54, 1.807) is 13.0 Å². The van der Waals surface area contributed by atoms with E-state index in [9.17, 15) is 4.79 Å². The normalized spacial score (nSPS) is 12.1. The number of benzene rings is 3. The molecule has 3 aromatic carbocycles. The van der Waals surface area contributed by atoms with Gasteiger partial charge in [0.2, 0.25) is 0 Å². The molecule has 0 aliphatic carbocycles. The fourth-order valence-electron chi connectivity index (χ4n) is 4.03. The summed E-state index contributed by atoms with van der Waals surface area (Å²) in [5, 5.41) is 2.48. The van der Waals surface area contributed by atoms with Crippen LogP contribution in [0.1, 0.15) is 38.8 Å². The smallest absolute Gasteiger partial charge is 0.330 e. The van der Waals surface area contributed by atoms with E-state index >= 15 is 0 Å². The van der Waals surface area contributed by atoms with Crippen molar-refractivity contribution in [2.75, 3.05) is 6.61 Å². The van der Waals surface area contributed by atoms with Gasteiger partial charge in [-0.3, -0.25) is 0 Å². The van der Waals surface area contributed by atoms with Crippen LogP contribution in [0.15, 0.2) is 91.0 Å². The van der Waals surface area contributed by atoms with E-state index in [4.69, 9.17) is 9.16 Å². The molecular formula is C28H32O3Si. The predicted octanol–water partition coefficient (Wildman–Crippen LogP) is 5.34. The zero-order valence-electron chi connectivity index (χ0n) is 19.4. The lowest BCUT2D eigenvalue weighted by Crippen LogP contribution is -2.66. The highest BCUT2D eigenvalue weighted by molar-refractivity contribution is 6.99. The SMILES string of the molecule is CCOC(=O)/C=C/c1ccc(CO[Si](c2ccccc2)(c2ccccc2)C(C)(C)C)cc1. The highest BCUT2D eigenvalue weighted by atomic mass is 28.4. The van der Waals surface area contributed by atoms with Gasteiger partial charge in [-0.2, -0.15) is 0 Å². The standard InChI is InChI=1S/C28H32O3Si/c1-5-30-27(29)21-20-23-16-18-24(19-17-23)22-31-32(28(2,3)4,25-12-8-6-9-13-25)26-14-10-7-11-15-26/h6-21H,5,22H2,1-4H3/b21-20+. The largest absolute Gasteiger partial charge is 0.463 e. The van der Waals surface area contributed by atoms with Crippen molar-refractivity contribution in [2.24, 2.45) is 0 Å². The Morgan fingerprint density at radius 3 is 1.84 bits per heavy atom. The van der Waals surface area contributed by atoms with E-state index < -0.39 is 8.32 Å². The first kappa shape index (κ1) is 23.7. The lowest BCUT2D eigenvalue weighted by molar-refractivity contribution is -0.137. The summed E-state index contributed by atoms with van der Waals surface area (Å²) >= 11 is 0. The van der Waals surface area contributed by atoms with Gasteiger partial charge in [-0.25, -0.2) is 4.79 Å². The summed E-state index contributed by atoms with van der Waals surface area (Å²) in [4.78, 5) is 11.5. The molecule has 0 aliphatic rings. The zero-order chi connectivity index (χ0) is 23.0. The second kappa shape index (κ2) is 10.6. The minimum absolute atomic E-state index is 0.0575. The number of rotatable bonds is 8. The molecule has 0 saturated heterocycles. The van der Waals surface area contributed by atoms with Gasteiger partial charge >= 0.3 is 5.97 Å². The molecule has 0 atom stereocenters. The summed E-state index contributed by atoms with van der Waals surface area (Å²) in [6, 6.07) is 29.4. The second-order valence-corrected chi connectivity index (χ2v) is 13.1. The number of ether oxygens (including phenoxy) is 1. The monoisotopic (exact) mass is 444 g/mol. The first-order valence-electron chi connectivity index (χ1n) is 11.1. The van der Waals surface area contributed by atoms with Crippen molar-refractivity contribution in [3.05, 3.63) is 102 Å². The topological polar surface area (TPSA) is 35.5 Å². The van der Waals surface area contributed by atoms with Gasteiger partial charge in [0.25, 0.3) is 8.32 Å². The molecule has 0 aliphatic heterocycles. The van der Waals surface area contributed by atoms with E-state index in [0.717, 1.165) is 11.1 Å². The van der Waals surface area contributed by atoms with Crippen LogP contribution in [0.2, 0.25) is 5.04 Å². The van der Waals surface area contributed by atoms with Crippen molar-refractivity contribution in [3.8, 4) is 0 Å². The molecule has 3 rings (SSSR count). The van der Waals surface area contributed by atoms with Gasteiger partial charge in [0.05, 0.1) is 13.2 Å². The van der Waals surface area contributed by atoms with Crippen molar-refractivity contribution in [2.45, 2.75) is 39.3 Å². The van der Waals surface area contributed by atoms with E-state index in [1.165, 1.54) is 16.4 Å². The Balaban J connectivity index is 1.89. The number of carbonyl (C=O) groups excluding carboxylic acids is 1. The van der Waals surface area contributed by atoms with Crippen LogP contribution in [0.5, 0.6) is 0 Å². The Kier molecular flexibility index (Phi) is 7.83. The maximum absolute atomic E-state index is 11.5. The lowest BCUT2D eigenvalue weighted by Gasteiger charge is -2.43. The molecule has 166 valence electrons. The van der Waals surface area contributed by atoms with Crippen LogP contribution in [0.25, 0.3) is 6.08 Å². The van der Waals surface area contributed by atoms with Crippen molar-refractivity contribution in [3.63, 3.8) is 0 Å². The molecule has 0 heterocycles. The average Bonchev–Trinajstić information content (AvgIpc) is 2.80. The van der Waals surface area contributed by atoms with Gasteiger partial charge < -0.3 is 9.16 Å². The van der Waals surface area contributed by atoms with Crippen LogP contribution in [0.4, 0.5) is 0 Å². The van der Waals surface area contributed by atoms with Crippen molar-refractivity contribution >= 4 is 30.7 Å². The van der Waals surface area contributed by atoms with Crippen LogP contribution in [0, 0.1) is 0 Å². The average molecular weight is 445 g/mol. The molecule has 32 heavy (non-hydrogen) atoms.